The minimum absolute atomic E-state index is 0. The minimum atomic E-state index is -0.545. The summed E-state index contributed by atoms with van der Waals surface area (Å²) < 4.78 is 0. The minimum Gasteiger partial charge on any atom is -0.339 e. The number of amides is 1. The summed E-state index contributed by atoms with van der Waals surface area (Å²) in [5, 5.41) is 0. The molecule has 1 amide bonds. The van der Waals surface area contributed by atoms with Crippen LogP contribution < -0.4 is 5.73 Å². The van der Waals surface area contributed by atoms with E-state index in [1.54, 1.807) is 0 Å². The molecule has 2 saturated carbocycles. The van der Waals surface area contributed by atoms with Gasteiger partial charge in [-0.1, -0.05) is 25.7 Å². The van der Waals surface area contributed by atoms with Gasteiger partial charge < -0.3 is 10.6 Å². The summed E-state index contributed by atoms with van der Waals surface area (Å²) in [5.41, 5.74) is 5.82. The van der Waals surface area contributed by atoms with E-state index in [1.807, 2.05) is 4.90 Å². The fraction of sp³-hybridized carbons (Fsp3) is 0.933. The van der Waals surface area contributed by atoms with E-state index in [0.717, 1.165) is 57.9 Å². The molecule has 21 heavy (non-hydrogen) atoms. The fourth-order valence-electron chi connectivity index (χ4n) is 3.75. The van der Waals surface area contributed by atoms with Crippen molar-refractivity contribution in [3.8, 4) is 0 Å². The molecular weight excluding hydrogens is 309 g/mol. The molecule has 2 aliphatic carbocycles. The summed E-state index contributed by atoms with van der Waals surface area (Å²) in [7, 11) is 0. The number of nitrogens with zero attached hydrogens (tertiary/aromatic N) is 2. The van der Waals surface area contributed by atoms with E-state index in [-0.39, 0.29) is 30.7 Å². The van der Waals surface area contributed by atoms with Crippen molar-refractivity contribution in [3.05, 3.63) is 0 Å². The molecule has 0 bridgehead atoms. The van der Waals surface area contributed by atoms with Crippen molar-refractivity contribution in [2.75, 3.05) is 26.2 Å². The van der Waals surface area contributed by atoms with Crippen LogP contribution in [0.25, 0.3) is 0 Å². The number of carbonyl (C=O) groups excluding carboxylic acids is 1. The largest absolute Gasteiger partial charge is 0.339 e. The summed E-state index contributed by atoms with van der Waals surface area (Å²) in [6, 6.07) is 0.804. The Morgan fingerprint density at radius 1 is 0.905 bits per heavy atom. The van der Waals surface area contributed by atoms with E-state index in [9.17, 15) is 4.79 Å². The molecule has 3 fully saturated rings. The third-order valence-corrected chi connectivity index (χ3v) is 5.36. The molecule has 0 aromatic carbocycles. The van der Waals surface area contributed by atoms with Crippen molar-refractivity contribution in [1.29, 1.82) is 0 Å². The molecule has 1 heterocycles. The van der Waals surface area contributed by atoms with Crippen molar-refractivity contribution >= 4 is 30.7 Å². The summed E-state index contributed by atoms with van der Waals surface area (Å²) in [5.74, 6) is 0.223. The number of piperazine rings is 1. The molecule has 1 aliphatic heterocycles. The van der Waals surface area contributed by atoms with Gasteiger partial charge >= 0.3 is 0 Å². The second-order valence-electron chi connectivity index (χ2n) is 6.63. The van der Waals surface area contributed by atoms with Gasteiger partial charge in [0.1, 0.15) is 0 Å². The third-order valence-electron chi connectivity index (χ3n) is 5.36. The molecule has 3 rings (SSSR count). The monoisotopic (exact) mass is 337 g/mol. The van der Waals surface area contributed by atoms with E-state index in [0.29, 0.717) is 0 Å². The van der Waals surface area contributed by atoms with Gasteiger partial charge in [-0.3, -0.25) is 9.69 Å². The number of halogens is 2. The van der Waals surface area contributed by atoms with Crippen LogP contribution in [0, 0.1) is 0 Å². The zero-order valence-electron chi connectivity index (χ0n) is 12.8. The molecule has 0 radical (unpaired) electrons. The van der Waals surface area contributed by atoms with Crippen LogP contribution in [-0.2, 0) is 4.79 Å². The normalized spacial score (nSPS) is 26.2. The van der Waals surface area contributed by atoms with Gasteiger partial charge in [-0.05, 0) is 25.7 Å². The Labute approximate surface area is 140 Å². The Balaban J connectivity index is 0.00000110. The summed E-state index contributed by atoms with van der Waals surface area (Å²) in [6.45, 7) is 3.86. The molecule has 2 N–H and O–H groups in total. The van der Waals surface area contributed by atoms with E-state index < -0.39 is 5.54 Å². The number of hydrogen-bond donors (Lipinski definition) is 1. The van der Waals surface area contributed by atoms with Crippen LogP contribution in [0.3, 0.4) is 0 Å². The van der Waals surface area contributed by atoms with Crippen LogP contribution in [-0.4, -0.2) is 53.5 Å². The van der Waals surface area contributed by atoms with Gasteiger partial charge in [0, 0.05) is 32.2 Å². The fourth-order valence-corrected chi connectivity index (χ4v) is 3.75. The number of hydrogen-bond acceptors (Lipinski definition) is 3. The lowest BCUT2D eigenvalue weighted by Crippen LogP contribution is -2.61. The van der Waals surface area contributed by atoms with Crippen LogP contribution in [0.1, 0.15) is 51.4 Å². The van der Waals surface area contributed by atoms with Gasteiger partial charge in [0.15, 0.2) is 0 Å². The summed E-state index contributed by atoms with van der Waals surface area (Å²) in [4.78, 5) is 17.2. The maximum Gasteiger partial charge on any atom is 0.242 e. The molecule has 6 heteroatoms. The number of nitrogens with two attached hydrogens (primary N) is 1. The second kappa shape index (κ2) is 8.00. The average molecular weight is 338 g/mol. The highest BCUT2D eigenvalue weighted by Gasteiger charge is 2.39. The van der Waals surface area contributed by atoms with Crippen LogP contribution >= 0.6 is 24.8 Å². The van der Waals surface area contributed by atoms with Crippen molar-refractivity contribution in [3.63, 3.8) is 0 Å². The van der Waals surface area contributed by atoms with Crippen molar-refractivity contribution in [2.24, 2.45) is 5.73 Å². The zero-order valence-corrected chi connectivity index (χ0v) is 14.4. The lowest BCUT2D eigenvalue weighted by atomic mass is 9.81. The molecule has 3 aliphatic rings. The highest BCUT2D eigenvalue weighted by Crippen LogP contribution is 2.29. The van der Waals surface area contributed by atoms with E-state index in [2.05, 4.69) is 4.90 Å². The molecule has 0 atom stereocenters. The van der Waals surface area contributed by atoms with Gasteiger partial charge in [-0.2, -0.15) is 0 Å². The predicted molar refractivity (Wildman–Crippen MR) is 90.3 cm³/mol. The third kappa shape index (κ3) is 4.04. The highest BCUT2D eigenvalue weighted by atomic mass is 35.5. The first kappa shape index (κ1) is 19.0. The number of rotatable bonds is 2. The standard InChI is InChI=1S/C15H27N3O.2ClH/c16-15(7-2-1-3-8-15)14(19)18-11-9-17(10-12-18)13-5-4-6-13;;/h13H,1-12,16H2;2*1H. The Kier molecular flexibility index (Phi) is 7.25. The number of carbonyl (C=O) groups is 1. The van der Waals surface area contributed by atoms with Gasteiger partial charge in [-0.15, -0.1) is 24.8 Å². The van der Waals surface area contributed by atoms with Crippen molar-refractivity contribution < 1.29 is 4.79 Å². The van der Waals surface area contributed by atoms with E-state index in [1.165, 1.54) is 25.7 Å². The average Bonchev–Trinajstić information content (AvgIpc) is 2.38. The maximum atomic E-state index is 12.6. The summed E-state index contributed by atoms with van der Waals surface area (Å²) >= 11 is 0. The Morgan fingerprint density at radius 2 is 1.48 bits per heavy atom. The molecule has 1 saturated heterocycles. The van der Waals surface area contributed by atoms with Gasteiger partial charge in [0.05, 0.1) is 5.54 Å². The predicted octanol–water partition coefficient (Wildman–Crippen LogP) is 2.19. The van der Waals surface area contributed by atoms with Gasteiger partial charge in [0.25, 0.3) is 0 Å². The van der Waals surface area contributed by atoms with Crippen LogP contribution in [0.5, 0.6) is 0 Å². The highest BCUT2D eigenvalue weighted by molar-refractivity contribution is 5.86. The van der Waals surface area contributed by atoms with Gasteiger partial charge in [-0.25, -0.2) is 0 Å². The second-order valence-corrected chi connectivity index (χ2v) is 6.63. The molecule has 124 valence electrons. The zero-order chi connectivity index (χ0) is 13.3. The lowest BCUT2D eigenvalue weighted by molar-refractivity contribution is -0.140. The first-order chi connectivity index (χ1) is 9.19. The lowest BCUT2D eigenvalue weighted by Gasteiger charge is -2.45. The molecule has 0 spiro atoms. The Morgan fingerprint density at radius 3 is 1.95 bits per heavy atom. The Hall–Kier alpha value is -0.0300. The van der Waals surface area contributed by atoms with Crippen molar-refractivity contribution in [1.82, 2.24) is 9.80 Å². The SMILES string of the molecule is Cl.Cl.NC1(C(=O)N2CCN(C3CCC3)CC2)CCCCC1. The van der Waals surface area contributed by atoms with Crippen LogP contribution in [0.4, 0.5) is 0 Å². The molecule has 0 aromatic heterocycles. The smallest absolute Gasteiger partial charge is 0.242 e. The van der Waals surface area contributed by atoms with Gasteiger partial charge in [0.2, 0.25) is 5.91 Å². The molecule has 0 aromatic rings. The van der Waals surface area contributed by atoms with E-state index in [4.69, 9.17) is 5.73 Å². The first-order valence-electron chi connectivity index (χ1n) is 8.01. The van der Waals surface area contributed by atoms with Crippen molar-refractivity contribution in [2.45, 2.75) is 62.9 Å². The Bertz CT molecular complexity index is 336. The quantitative estimate of drug-likeness (QED) is 0.840. The topological polar surface area (TPSA) is 49.6 Å². The first-order valence-corrected chi connectivity index (χ1v) is 8.01. The maximum absolute atomic E-state index is 12.6. The van der Waals surface area contributed by atoms with Crippen LogP contribution in [0.15, 0.2) is 0 Å². The van der Waals surface area contributed by atoms with E-state index >= 15 is 0 Å². The molecule has 0 unspecified atom stereocenters. The van der Waals surface area contributed by atoms with Crippen LogP contribution in [0.2, 0.25) is 0 Å². The molecule has 4 nitrogen and oxygen atoms in total. The summed E-state index contributed by atoms with van der Waals surface area (Å²) in [6.07, 6.45) is 9.33. The molecular formula is C15H29Cl2N3O.